The highest BCUT2D eigenvalue weighted by Crippen LogP contribution is 2.27. The number of hydrogen-bond acceptors (Lipinski definition) is 7. The van der Waals surface area contributed by atoms with E-state index in [4.69, 9.17) is 9.52 Å². The molecular formula is C19H17F2N5O4. The number of aliphatic hydroxyl groups excluding tert-OH is 1. The summed E-state index contributed by atoms with van der Waals surface area (Å²) in [4.78, 5) is 20.8. The number of fused-ring (bicyclic) bond motifs is 2. The van der Waals surface area contributed by atoms with Gasteiger partial charge in [-0.3, -0.25) is 10.1 Å². The molecule has 0 unspecified atom stereocenters. The molecule has 0 fully saturated rings. The summed E-state index contributed by atoms with van der Waals surface area (Å²) < 4.78 is 36.4. The maximum Gasteiger partial charge on any atom is 0.387 e. The molecule has 0 aliphatic heterocycles. The molecule has 2 aromatic heterocycles. The summed E-state index contributed by atoms with van der Waals surface area (Å²) in [5.74, 6) is 0.0651. The third-order valence-corrected chi connectivity index (χ3v) is 4.34. The number of oxazole rings is 1. The van der Waals surface area contributed by atoms with Gasteiger partial charge >= 0.3 is 12.6 Å². The van der Waals surface area contributed by atoms with Gasteiger partial charge in [-0.05, 0) is 30.3 Å². The third kappa shape index (κ3) is 3.87. The number of nitrogens with one attached hydrogen (secondary N) is 2. The first kappa shape index (κ1) is 19.6. The van der Waals surface area contributed by atoms with Crippen molar-refractivity contribution in [1.29, 1.82) is 0 Å². The molecule has 2 aromatic carbocycles. The molecule has 156 valence electrons. The Balaban J connectivity index is 1.60. The van der Waals surface area contributed by atoms with E-state index in [0.29, 0.717) is 22.5 Å². The van der Waals surface area contributed by atoms with Crippen LogP contribution in [-0.2, 0) is 7.05 Å². The fourth-order valence-corrected chi connectivity index (χ4v) is 2.95. The predicted molar refractivity (Wildman–Crippen MR) is 104 cm³/mol. The van der Waals surface area contributed by atoms with E-state index >= 15 is 0 Å². The zero-order valence-corrected chi connectivity index (χ0v) is 15.7. The van der Waals surface area contributed by atoms with Crippen molar-refractivity contribution in [2.45, 2.75) is 6.61 Å². The van der Waals surface area contributed by atoms with Crippen LogP contribution in [0.5, 0.6) is 5.75 Å². The lowest BCUT2D eigenvalue weighted by Crippen LogP contribution is -2.26. The summed E-state index contributed by atoms with van der Waals surface area (Å²) in [6, 6.07) is 9.37. The summed E-state index contributed by atoms with van der Waals surface area (Å²) in [6.45, 7) is -2.92. The highest BCUT2D eigenvalue weighted by molar-refractivity contribution is 5.97. The van der Waals surface area contributed by atoms with E-state index in [2.05, 4.69) is 25.3 Å². The van der Waals surface area contributed by atoms with Crippen molar-refractivity contribution in [2.24, 2.45) is 7.05 Å². The number of ether oxygens (including phenoxy) is 1. The van der Waals surface area contributed by atoms with E-state index in [-0.39, 0.29) is 36.4 Å². The van der Waals surface area contributed by atoms with Gasteiger partial charge in [-0.1, -0.05) is 0 Å². The Morgan fingerprint density at radius 2 is 2.07 bits per heavy atom. The molecule has 0 radical (unpaired) electrons. The number of aryl methyl sites for hydroxylation is 1. The van der Waals surface area contributed by atoms with Gasteiger partial charge in [0.1, 0.15) is 11.3 Å². The number of alkyl halides is 2. The molecule has 30 heavy (non-hydrogen) atoms. The molecule has 4 rings (SSSR count). The Bertz CT molecular complexity index is 1220. The number of nitrogens with zero attached hydrogens (tertiary/aromatic N) is 3. The first-order chi connectivity index (χ1) is 14.4. The highest BCUT2D eigenvalue weighted by atomic mass is 19.3. The SMILES string of the molecule is Cn1c(Nc2nc3ccc(OC(F)F)cc3o2)nc2cc(C(=O)NCCO)ccc21. The van der Waals surface area contributed by atoms with Crippen molar-refractivity contribution < 1.29 is 27.8 Å². The Labute approximate surface area is 168 Å². The monoisotopic (exact) mass is 417 g/mol. The zero-order chi connectivity index (χ0) is 21.3. The molecule has 1 amide bonds. The number of carbonyl (C=O) groups excluding carboxylic acids is 1. The minimum absolute atomic E-state index is 0.0325. The number of carbonyl (C=O) groups is 1. The largest absolute Gasteiger partial charge is 0.435 e. The van der Waals surface area contributed by atoms with Crippen LogP contribution >= 0.6 is 0 Å². The summed E-state index contributed by atoms with van der Waals surface area (Å²) in [6.07, 6.45) is 0. The molecule has 11 heteroatoms. The maximum atomic E-state index is 12.4. The lowest BCUT2D eigenvalue weighted by atomic mass is 10.2. The number of amides is 1. The predicted octanol–water partition coefficient (Wildman–Crippen LogP) is 2.78. The molecule has 0 aliphatic rings. The van der Waals surface area contributed by atoms with E-state index in [1.807, 2.05) is 0 Å². The van der Waals surface area contributed by atoms with Gasteiger partial charge in [0.15, 0.2) is 5.58 Å². The van der Waals surface area contributed by atoms with Crippen LogP contribution in [0.4, 0.5) is 20.7 Å². The number of aliphatic hydroxyl groups is 1. The molecule has 2 heterocycles. The van der Waals surface area contributed by atoms with Crippen LogP contribution in [0.25, 0.3) is 22.1 Å². The Morgan fingerprint density at radius 3 is 2.83 bits per heavy atom. The molecule has 0 spiro atoms. The van der Waals surface area contributed by atoms with Gasteiger partial charge in [0, 0.05) is 25.2 Å². The van der Waals surface area contributed by atoms with Gasteiger partial charge in [-0.2, -0.15) is 13.8 Å². The van der Waals surface area contributed by atoms with Gasteiger partial charge in [0.2, 0.25) is 5.95 Å². The molecule has 0 saturated carbocycles. The average molecular weight is 417 g/mol. The summed E-state index contributed by atoms with van der Waals surface area (Å²) in [5, 5.41) is 14.4. The van der Waals surface area contributed by atoms with Gasteiger partial charge < -0.3 is 24.1 Å². The van der Waals surface area contributed by atoms with Crippen LogP contribution < -0.4 is 15.4 Å². The van der Waals surface area contributed by atoms with E-state index in [1.54, 1.807) is 29.8 Å². The van der Waals surface area contributed by atoms with Crippen molar-refractivity contribution >= 4 is 40.0 Å². The van der Waals surface area contributed by atoms with Gasteiger partial charge in [-0.25, -0.2) is 4.98 Å². The fraction of sp³-hybridized carbons (Fsp3) is 0.211. The van der Waals surface area contributed by atoms with Crippen molar-refractivity contribution in [3.8, 4) is 5.75 Å². The number of imidazole rings is 1. The van der Waals surface area contributed by atoms with Crippen molar-refractivity contribution in [1.82, 2.24) is 19.9 Å². The van der Waals surface area contributed by atoms with Crippen LogP contribution in [0.15, 0.2) is 40.8 Å². The molecular weight excluding hydrogens is 400 g/mol. The van der Waals surface area contributed by atoms with Crippen molar-refractivity contribution in [3.63, 3.8) is 0 Å². The van der Waals surface area contributed by atoms with Crippen LogP contribution in [-0.4, -0.2) is 45.3 Å². The second-order valence-corrected chi connectivity index (χ2v) is 6.33. The maximum absolute atomic E-state index is 12.4. The van der Waals surface area contributed by atoms with E-state index in [0.717, 1.165) is 5.52 Å². The third-order valence-electron chi connectivity index (χ3n) is 4.34. The fourth-order valence-electron chi connectivity index (χ4n) is 2.95. The molecule has 0 aliphatic carbocycles. The number of benzene rings is 2. The minimum Gasteiger partial charge on any atom is -0.435 e. The summed E-state index contributed by atoms with van der Waals surface area (Å²) in [7, 11) is 1.78. The number of anilines is 2. The first-order valence-corrected chi connectivity index (χ1v) is 8.92. The summed E-state index contributed by atoms with van der Waals surface area (Å²) >= 11 is 0. The van der Waals surface area contributed by atoms with E-state index in [1.165, 1.54) is 18.2 Å². The topological polar surface area (TPSA) is 114 Å². The first-order valence-electron chi connectivity index (χ1n) is 8.92. The zero-order valence-electron chi connectivity index (χ0n) is 15.7. The molecule has 0 atom stereocenters. The quantitative estimate of drug-likeness (QED) is 0.424. The number of aromatic nitrogens is 3. The Morgan fingerprint density at radius 1 is 1.23 bits per heavy atom. The Kier molecular flexibility index (Phi) is 5.19. The van der Waals surface area contributed by atoms with E-state index < -0.39 is 6.61 Å². The molecule has 4 aromatic rings. The lowest BCUT2D eigenvalue weighted by Gasteiger charge is -2.03. The van der Waals surface area contributed by atoms with Gasteiger partial charge in [0.25, 0.3) is 5.91 Å². The number of hydrogen-bond donors (Lipinski definition) is 3. The second-order valence-electron chi connectivity index (χ2n) is 6.33. The smallest absolute Gasteiger partial charge is 0.387 e. The number of rotatable bonds is 7. The Hall–Kier alpha value is -3.73. The van der Waals surface area contributed by atoms with E-state index in [9.17, 15) is 13.6 Å². The van der Waals surface area contributed by atoms with Crippen molar-refractivity contribution in [2.75, 3.05) is 18.5 Å². The number of halogens is 2. The highest BCUT2D eigenvalue weighted by Gasteiger charge is 2.15. The lowest BCUT2D eigenvalue weighted by molar-refractivity contribution is -0.0497. The molecule has 0 saturated heterocycles. The summed E-state index contributed by atoms with van der Waals surface area (Å²) in [5.41, 5.74) is 2.48. The molecule has 0 bridgehead atoms. The molecule has 3 N–H and O–H groups in total. The standard InChI is InChI=1S/C19H17F2N5O4/c1-26-14-5-2-10(16(28)22-6-7-27)8-13(14)23-18(26)25-19-24-12-4-3-11(29-17(20)21)9-15(12)30-19/h2-5,8-9,17,27H,6-7H2,1H3,(H,22,28)(H,23,24,25). The van der Waals surface area contributed by atoms with Crippen LogP contribution in [0, 0.1) is 0 Å². The van der Waals surface area contributed by atoms with Crippen LogP contribution in [0.3, 0.4) is 0 Å². The van der Waals surface area contributed by atoms with Crippen molar-refractivity contribution in [3.05, 3.63) is 42.0 Å². The van der Waals surface area contributed by atoms with Crippen LogP contribution in [0.1, 0.15) is 10.4 Å². The normalized spacial score (nSPS) is 11.4. The minimum atomic E-state index is -2.93. The molecule has 9 nitrogen and oxygen atoms in total. The average Bonchev–Trinajstić information content (AvgIpc) is 3.25. The van der Waals surface area contributed by atoms with Gasteiger partial charge in [-0.15, -0.1) is 0 Å². The second kappa shape index (κ2) is 7.95. The van der Waals surface area contributed by atoms with Crippen LogP contribution in [0.2, 0.25) is 0 Å². The van der Waals surface area contributed by atoms with Gasteiger partial charge in [0.05, 0.1) is 17.6 Å².